The number of aromatic nitrogens is 1. The summed E-state index contributed by atoms with van der Waals surface area (Å²) in [7, 11) is 0. The molecule has 0 unspecified atom stereocenters. The molecule has 0 aliphatic rings. The average molecular weight is 190 g/mol. The summed E-state index contributed by atoms with van der Waals surface area (Å²) in [6, 6.07) is 6.13. The van der Waals surface area contributed by atoms with Gasteiger partial charge >= 0.3 is 0 Å². The minimum Gasteiger partial charge on any atom is -0.373 e. The molecule has 2 rings (SSSR count). The zero-order valence-corrected chi connectivity index (χ0v) is 7.97. The van der Waals surface area contributed by atoms with Gasteiger partial charge in [0, 0.05) is 18.1 Å². The van der Waals surface area contributed by atoms with Gasteiger partial charge in [0.05, 0.1) is 5.00 Å². The number of nitrogens with one attached hydrogen (secondary N) is 1. The van der Waals surface area contributed by atoms with Gasteiger partial charge in [0.15, 0.2) is 0 Å². The molecule has 0 aliphatic heterocycles. The fraction of sp³-hybridized carbons (Fsp3) is 0.100. The Bertz CT molecular complexity index is 387. The van der Waals surface area contributed by atoms with E-state index in [1.54, 1.807) is 11.3 Å². The Labute approximate surface area is 80.9 Å². The fourth-order valence-corrected chi connectivity index (χ4v) is 2.04. The van der Waals surface area contributed by atoms with Crippen LogP contribution in [0.1, 0.15) is 0 Å². The molecule has 0 spiro atoms. The van der Waals surface area contributed by atoms with E-state index < -0.39 is 0 Å². The Balaban J connectivity index is 2.32. The first-order valence-electron chi connectivity index (χ1n) is 4.09. The molecule has 0 fully saturated rings. The highest BCUT2D eigenvalue weighted by atomic mass is 32.1. The fourth-order valence-electron chi connectivity index (χ4n) is 1.13. The van der Waals surface area contributed by atoms with E-state index in [1.807, 2.05) is 18.3 Å². The van der Waals surface area contributed by atoms with E-state index in [2.05, 4.69) is 29.0 Å². The maximum absolute atomic E-state index is 4.26. The maximum atomic E-state index is 4.26. The molecule has 13 heavy (non-hydrogen) atoms. The second-order valence-electron chi connectivity index (χ2n) is 2.68. The van der Waals surface area contributed by atoms with Gasteiger partial charge in [-0.15, -0.1) is 6.58 Å². The minimum atomic E-state index is 0.798. The van der Waals surface area contributed by atoms with E-state index >= 15 is 0 Å². The quantitative estimate of drug-likeness (QED) is 0.753. The van der Waals surface area contributed by atoms with Gasteiger partial charge < -0.3 is 5.32 Å². The molecule has 2 aromatic rings. The van der Waals surface area contributed by atoms with Crippen molar-refractivity contribution in [2.45, 2.75) is 0 Å². The lowest BCUT2D eigenvalue weighted by Gasteiger charge is -1.94. The molecule has 3 heteroatoms. The van der Waals surface area contributed by atoms with Crippen molar-refractivity contribution in [2.75, 3.05) is 11.9 Å². The van der Waals surface area contributed by atoms with Crippen LogP contribution in [0.5, 0.6) is 0 Å². The molecule has 0 saturated heterocycles. The van der Waals surface area contributed by atoms with E-state index in [1.165, 1.54) is 5.39 Å². The van der Waals surface area contributed by atoms with Crippen molar-refractivity contribution in [3.05, 3.63) is 37.1 Å². The van der Waals surface area contributed by atoms with E-state index in [0.29, 0.717) is 0 Å². The van der Waals surface area contributed by atoms with Crippen molar-refractivity contribution in [1.29, 1.82) is 0 Å². The van der Waals surface area contributed by atoms with Crippen LogP contribution in [0.4, 0.5) is 5.00 Å². The van der Waals surface area contributed by atoms with Crippen LogP contribution in [0.2, 0.25) is 0 Å². The summed E-state index contributed by atoms with van der Waals surface area (Å²) in [6.45, 7) is 4.45. The Hall–Kier alpha value is -1.35. The summed E-state index contributed by atoms with van der Waals surface area (Å²) in [5.74, 6) is 0. The Kier molecular flexibility index (Phi) is 2.27. The number of rotatable bonds is 3. The van der Waals surface area contributed by atoms with Gasteiger partial charge in [-0.05, 0) is 12.1 Å². The van der Waals surface area contributed by atoms with Crippen molar-refractivity contribution >= 4 is 26.6 Å². The van der Waals surface area contributed by atoms with Gasteiger partial charge in [-0.2, -0.15) is 0 Å². The molecule has 0 saturated carbocycles. The largest absolute Gasteiger partial charge is 0.373 e. The second kappa shape index (κ2) is 3.58. The van der Waals surface area contributed by atoms with Crippen LogP contribution >= 0.6 is 11.3 Å². The van der Waals surface area contributed by atoms with E-state index in [-0.39, 0.29) is 0 Å². The van der Waals surface area contributed by atoms with Gasteiger partial charge in [-0.25, -0.2) is 4.98 Å². The lowest BCUT2D eigenvalue weighted by Crippen LogP contribution is -1.93. The monoisotopic (exact) mass is 190 g/mol. The van der Waals surface area contributed by atoms with Crippen LogP contribution in [-0.2, 0) is 0 Å². The number of anilines is 1. The van der Waals surface area contributed by atoms with Crippen LogP contribution in [0.25, 0.3) is 10.2 Å². The summed E-state index contributed by atoms with van der Waals surface area (Å²) in [4.78, 5) is 5.34. The van der Waals surface area contributed by atoms with E-state index in [0.717, 1.165) is 16.4 Å². The number of hydrogen-bond donors (Lipinski definition) is 1. The summed E-state index contributed by atoms with van der Waals surface area (Å²) in [5, 5.41) is 5.58. The summed E-state index contributed by atoms with van der Waals surface area (Å²) in [6.07, 6.45) is 3.66. The molecule has 0 aromatic carbocycles. The molecule has 0 aliphatic carbocycles. The zero-order chi connectivity index (χ0) is 9.10. The molecule has 0 bridgehead atoms. The van der Waals surface area contributed by atoms with Gasteiger partial charge in [0.25, 0.3) is 0 Å². The molecule has 2 nitrogen and oxygen atoms in total. The molecular formula is C10H10N2S. The first-order valence-corrected chi connectivity index (χ1v) is 4.91. The lowest BCUT2D eigenvalue weighted by atomic mass is 10.3. The van der Waals surface area contributed by atoms with Crippen LogP contribution in [0.15, 0.2) is 37.1 Å². The summed E-state index contributed by atoms with van der Waals surface area (Å²) in [5.41, 5.74) is 0. The van der Waals surface area contributed by atoms with Gasteiger partial charge in [-0.1, -0.05) is 23.5 Å². The van der Waals surface area contributed by atoms with Crippen LogP contribution in [0.3, 0.4) is 0 Å². The third-order valence-electron chi connectivity index (χ3n) is 1.71. The van der Waals surface area contributed by atoms with Crippen LogP contribution in [0, 0.1) is 0 Å². The summed E-state index contributed by atoms with van der Waals surface area (Å²) < 4.78 is 0. The molecule has 2 heterocycles. The molecule has 2 aromatic heterocycles. The van der Waals surface area contributed by atoms with Crippen molar-refractivity contribution in [1.82, 2.24) is 4.98 Å². The van der Waals surface area contributed by atoms with Crippen molar-refractivity contribution in [3.8, 4) is 0 Å². The highest BCUT2D eigenvalue weighted by Crippen LogP contribution is 2.27. The highest BCUT2D eigenvalue weighted by molar-refractivity contribution is 7.22. The maximum Gasteiger partial charge on any atom is 0.125 e. The van der Waals surface area contributed by atoms with E-state index in [9.17, 15) is 0 Å². The average Bonchev–Trinajstić information content (AvgIpc) is 2.57. The number of nitrogens with zero attached hydrogens (tertiary/aromatic N) is 1. The molecule has 1 N–H and O–H groups in total. The Morgan fingerprint density at radius 3 is 3.31 bits per heavy atom. The minimum absolute atomic E-state index is 0.798. The predicted molar refractivity (Wildman–Crippen MR) is 58.3 cm³/mol. The molecule has 0 atom stereocenters. The normalized spacial score (nSPS) is 10.2. The third kappa shape index (κ3) is 1.70. The third-order valence-corrected chi connectivity index (χ3v) is 2.73. The number of hydrogen-bond acceptors (Lipinski definition) is 3. The lowest BCUT2D eigenvalue weighted by molar-refractivity contribution is 1.37. The topological polar surface area (TPSA) is 24.9 Å². The standard InChI is InChI=1S/C10H10N2S/c1-2-5-11-9-7-8-4-3-6-12-10(8)13-9/h2-4,6-7,11H,1,5H2. The second-order valence-corrected chi connectivity index (χ2v) is 3.71. The first kappa shape index (κ1) is 8.26. The smallest absolute Gasteiger partial charge is 0.125 e. The SMILES string of the molecule is C=CCNc1cc2cccnc2s1. The molecule has 66 valence electrons. The zero-order valence-electron chi connectivity index (χ0n) is 7.16. The molecule has 0 radical (unpaired) electrons. The van der Waals surface area contributed by atoms with Crippen LogP contribution < -0.4 is 5.32 Å². The van der Waals surface area contributed by atoms with Gasteiger partial charge in [-0.3, -0.25) is 0 Å². The predicted octanol–water partition coefficient (Wildman–Crippen LogP) is 2.89. The summed E-state index contributed by atoms with van der Waals surface area (Å²) >= 11 is 1.67. The van der Waals surface area contributed by atoms with Gasteiger partial charge in [0.1, 0.15) is 4.83 Å². The number of fused-ring (bicyclic) bond motifs is 1. The Morgan fingerprint density at radius 1 is 1.62 bits per heavy atom. The number of thiophene rings is 1. The van der Waals surface area contributed by atoms with Gasteiger partial charge in [0.2, 0.25) is 0 Å². The van der Waals surface area contributed by atoms with Crippen molar-refractivity contribution in [3.63, 3.8) is 0 Å². The van der Waals surface area contributed by atoms with Crippen LogP contribution in [-0.4, -0.2) is 11.5 Å². The first-order chi connectivity index (χ1) is 6.40. The molecular weight excluding hydrogens is 180 g/mol. The van der Waals surface area contributed by atoms with Crippen molar-refractivity contribution in [2.24, 2.45) is 0 Å². The Morgan fingerprint density at radius 2 is 2.54 bits per heavy atom. The molecule has 0 amide bonds. The highest BCUT2D eigenvalue weighted by Gasteiger charge is 1.99. The van der Waals surface area contributed by atoms with E-state index in [4.69, 9.17) is 0 Å². The number of pyridine rings is 1. The van der Waals surface area contributed by atoms with Crippen molar-refractivity contribution < 1.29 is 0 Å².